The molecule has 17 heavy (non-hydrogen) atoms. The van der Waals surface area contributed by atoms with E-state index >= 15 is 0 Å². The molecule has 0 aromatic heterocycles. The van der Waals surface area contributed by atoms with Crippen molar-refractivity contribution in [1.29, 1.82) is 0 Å². The first-order valence-electron chi connectivity index (χ1n) is 6.61. The summed E-state index contributed by atoms with van der Waals surface area (Å²) >= 11 is 5.29. The van der Waals surface area contributed by atoms with Crippen LogP contribution in [0.15, 0.2) is 17.3 Å². The molecule has 0 radical (unpaired) electrons. The van der Waals surface area contributed by atoms with E-state index in [0.29, 0.717) is 17.1 Å². The molecule has 0 aromatic rings. The molecule has 2 fully saturated rings. The number of nitrogens with one attached hydrogen (secondary N) is 2. The molecule has 3 rings (SSSR count). The largest absolute Gasteiger partial charge is 0.358 e. The Hall–Kier alpha value is -0.900. The van der Waals surface area contributed by atoms with Crippen LogP contribution in [0.5, 0.6) is 0 Å². The molecular formula is C13H19N3S. The van der Waals surface area contributed by atoms with Crippen molar-refractivity contribution in [2.24, 2.45) is 16.9 Å². The van der Waals surface area contributed by atoms with Gasteiger partial charge in [-0.25, -0.2) is 0 Å². The van der Waals surface area contributed by atoms with Gasteiger partial charge < -0.3 is 5.32 Å². The summed E-state index contributed by atoms with van der Waals surface area (Å²) in [5.74, 6) is 1.46. The molecule has 2 N–H and O–H groups in total. The normalized spacial score (nSPS) is 34.1. The number of allylic oxidation sites excluding steroid dienone is 1. The molecule has 3 atom stereocenters. The lowest BCUT2D eigenvalue weighted by Crippen LogP contribution is -2.42. The summed E-state index contributed by atoms with van der Waals surface area (Å²) in [6.45, 7) is 0. The lowest BCUT2D eigenvalue weighted by molar-refractivity contribution is 0.520. The van der Waals surface area contributed by atoms with Crippen molar-refractivity contribution in [3.05, 3.63) is 12.2 Å². The second-order valence-corrected chi connectivity index (χ2v) is 5.77. The minimum Gasteiger partial charge on any atom is -0.358 e. The third kappa shape index (κ3) is 2.51. The molecule has 0 heterocycles. The van der Waals surface area contributed by atoms with E-state index in [1.54, 1.807) is 0 Å². The van der Waals surface area contributed by atoms with Crippen LogP contribution in [0.3, 0.4) is 0 Å². The standard InChI is InChI=1S/C13H19N3S/c17-13(16-15-11-3-1-2-4-11)14-12-8-9-5-6-10(12)7-9/h5-6,9-10,12H,1-4,7-8H2,(H2,14,16,17)/t9-,10+,12+/m0/s1. The minimum atomic E-state index is 0.522. The Morgan fingerprint density at radius 3 is 2.71 bits per heavy atom. The number of fused-ring (bicyclic) bond motifs is 2. The zero-order valence-corrected chi connectivity index (χ0v) is 10.8. The monoisotopic (exact) mass is 249 g/mol. The van der Waals surface area contributed by atoms with Gasteiger partial charge in [-0.15, -0.1) is 0 Å². The van der Waals surface area contributed by atoms with Crippen LogP contribution in [-0.4, -0.2) is 16.9 Å². The molecule has 2 bridgehead atoms. The van der Waals surface area contributed by atoms with Crippen molar-refractivity contribution in [3.63, 3.8) is 0 Å². The number of nitrogens with zero attached hydrogens (tertiary/aromatic N) is 1. The quantitative estimate of drug-likeness (QED) is 0.448. The maximum absolute atomic E-state index is 5.29. The smallest absolute Gasteiger partial charge is 0.187 e. The Kier molecular flexibility index (Phi) is 3.14. The van der Waals surface area contributed by atoms with E-state index in [1.807, 2.05) is 0 Å². The topological polar surface area (TPSA) is 36.4 Å². The van der Waals surface area contributed by atoms with Gasteiger partial charge in [0.1, 0.15) is 0 Å². The van der Waals surface area contributed by atoms with E-state index in [0.717, 1.165) is 18.8 Å². The summed E-state index contributed by atoms with van der Waals surface area (Å²) in [4.78, 5) is 0. The summed E-state index contributed by atoms with van der Waals surface area (Å²) < 4.78 is 0. The number of hydrogen-bond donors (Lipinski definition) is 2. The Bertz CT molecular complexity index is 367. The van der Waals surface area contributed by atoms with Gasteiger partial charge in [0, 0.05) is 11.8 Å². The Morgan fingerprint density at radius 2 is 2.06 bits per heavy atom. The lowest BCUT2D eigenvalue weighted by Gasteiger charge is -2.20. The fourth-order valence-corrected chi connectivity index (χ4v) is 3.37. The average Bonchev–Trinajstić information content (AvgIpc) is 3.03. The molecule has 0 spiro atoms. The second kappa shape index (κ2) is 4.77. The first-order valence-corrected chi connectivity index (χ1v) is 7.02. The average molecular weight is 249 g/mol. The summed E-state index contributed by atoms with van der Waals surface area (Å²) in [5.41, 5.74) is 4.26. The number of thiocarbonyl (C=S) groups is 1. The van der Waals surface area contributed by atoms with Crippen LogP contribution < -0.4 is 10.7 Å². The molecule has 0 saturated heterocycles. The van der Waals surface area contributed by atoms with Crippen LogP contribution in [0.4, 0.5) is 0 Å². The van der Waals surface area contributed by atoms with E-state index in [1.165, 1.54) is 31.4 Å². The molecule has 0 unspecified atom stereocenters. The van der Waals surface area contributed by atoms with Gasteiger partial charge >= 0.3 is 0 Å². The van der Waals surface area contributed by atoms with Crippen molar-refractivity contribution in [2.75, 3.05) is 0 Å². The third-order valence-corrected chi connectivity index (χ3v) is 4.30. The van der Waals surface area contributed by atoms with Gasteiger partial charge in [-0.3, -0.25) is 5.43 Å². The van der Waals surface area contributed by atoms with Crippen LogP contribution in [0.25, 0.3) is 0 Å². The van der Waals surface area contributed by atoms with Gasteiger partial charge in [0.15, 0.2) is 5.11 Å². The predicted molar refractivity (Wildman–Crippen MR) is 73.9 cm³/mol. The van der Waals surface area contributed by atoms with E-state index in [4.69, 9.17) is 12.2 Å². The zero-order chi connectivity index (χ0) is 11.7. The molecule has 2 saturated carbocycles. The molecular weight excluding hydrogens is 230 g/mol. The van der Waals surface area contributed by atoms with Gasteiger partial charge in [-0.2, -0.15) is 5.10 Å². The number of hydrazone groups is 1. The van der Waals surface area contributed by atoms with Gasteiger partial charge in [0.2, 0.25) is 0 Å². The fourth-order valence-electron chi connectivity index (χ4n) is 3.17. The highest BCUT2D eigenvalue weighted by molar-refractivity contribution is 7.80. The van der Waals surface area contributed by atoms with Gasteiger partial charge in [0.05, 0.1) is 0 Å². The molecule has 3 nitrogen and oxygen atoms in total. The second-order valence-electron chi connectivity index (χ2n) is 5.36. The van der Waals surface area contributed by atoms with Crippen molar-refractivity contribution in [1.82, 2.24) is 10.7 Å². The summed E-state index contributed by atoms with van der Waals surface area (Å²) in [6, 6.07) is 0.522. The first kappa shape index (κ1) is 11.2. The third-order valence-electron chi connectivity index (χ3n) is 4.09. The summed E-state index contributed by atoms with van der Waals surface area (Å²) in [6.07, 6.45) is 12.0. The lowest BCUT2D eigenvalue weighted by atomic mass is 10.0. The van der Waals surface area contributed by atoms with Crippen molar-refractivity contribution in [3.8, 4) is 0 Å². The minimum absolute atomic E-state index is 0.522. The SMILES string of the molecule is S=C(NN=C1CCCC1)N[C@@H]1C[C@H]2C=C[C@@H]1C2. The first-order chi connectivity index (χ1) is 8.31. The molecule has 4 heteroatoms. The Balaban J connectivity index is 1.47. The molecule has 92 valence electrons. The van der Waals surface area contributed by atoms with Crippen LogP contribution in [0, 0.1) is 11.8 Å². The molecule has 3 aliphatic carbocycles. The van der Waals surface area contributed by atoms with Crippen molar-refractivity contribution < 1.29 is 0 Å². The van der Waals surface area contributed by atoms with Gasteiger partial charge in [-0.1, -0.05) is 12.2 Å². The highest BCUT2D eigenvalue weighted by Crippen LogP contribution is 2.38. The van der Waals surface area contributed by atoms with Gasteiger partial charge in [0.25, 0.3) is 0 Å². The van der Waals surface area contributed by atoms with Crippen molar-refractivity contribution >= 4 is 23.0 Å². The maximum Gasteiger partial charge on any atom is 0.187 e. The van der Waals surface area contributed by atoms with Crippen LogP contribution in [0.1, 0.15) is 38.5 Å². The van der Waals surface area contributed by atoms with E-state index < -0.39 is 0 Å². The Labute approximate surface area is 108 Å². The highest BCUT2D eigenvalue weighted by atomic mass is 32.1. The molecule has 0 aromatic carbocycles. The fraction of sp³-hybridized carbons (Fsp3) is 0.692. The van der Waals surface area contributed by atoms with E-state index in [2.05, 4.69) is 28.0 Å². The summed E-state index contributed by atoms with van der Waals surface area (Å²) in [7, 11) is 0. The van der Waals surface area contributed by atoms with Crippen LogP contribution in [0.2, 0.25) is 0 Å². The molecule has 3 aliphatic rings. The number of rotatable bonds is 2. The van der Waals surface area contributed by atoms with E-state index in [9.17, 15) is 0 Å². The Morgan fingerprint density at radius 1 is 1.24 bits per heavy atom. The highest BCUT2D eigenvalue weighted by Gasteiger charge is 2.35. The van der Waals surface area contributed by atoms with Crippen LogP contribution >= 0.6 is 12.2 Å². The molecule has 0 aliphatic heterocycles. The number of hydrogen-bond acceptors (Lipinski definition) is 2. The zero-order valence-electron chi connectivity index (χ0n) is 9.98. The summed E-state index contributed by atoms with van der Waals surface area (Å²) in [5, 5.41) is 8.46. The van der Waals surface area contributed by atoms with Crippen LogP contribution in [-0.2, 0) is 0 Å². The molecule has 0 amide bonds. The van der Waals surface area contributed by atoms with Gasteiger partial charge in [-0.05, 0) is 62.6 Å². The maximum atomic E-state index is 5.29. The predicted octanol–water partition coefficient (Wildman–Crippen LogP) is 2.35. The van der Waals surface area contributed by atoms with Crippen molar-refractivity contribution in [2.45, 2.75) is 44.6 Å². The van der Waals surface area contributed by atoms with E-state index in [-0.39, 0.29) is 0 Å².